The van der Waals surface area contributed by atoms with E-state index in [1.165, 1.54) is 15.9 Å². The monoisotopic (exact) mass is 384 g/mol. The molecule has 0 aliphatic heterocycles. The van der Waals surface area contributed by atoms with E-state index in [1.807, 2.05) is 30.3 Å². The molecular formula is C22H19FeNP. The van der Waals surface area contributed by atoms with Crippen LogP contribution in [0, 0.1) is 0 Å². The van der Waals surface area contributed by atoms with Gasteiger partial charge in [-0.1, -0.05) is 68.6 Å². The van der Waals surface area contributed by atoms with Crippen LogP contribution in [-0.4, -0.2) is 0 Å². The van der Waals surface area contributed by atoms with Crippen LogP contribution in [0.4, 0.5) is 0 Å². The molecule has 0 aromatic heterocycles. The van der Waals surface area contributed by atoms with Gasteiger partial charge < -0.3 is 0 Å². The molecule has 0 saturated heterocycles. The molecule has 0 aliphatic carbocycles. The van der Waals surface area contributed by atoms with Gasteiger partial charge in [0.1, 0.15) is 0 Å². The fourth-order valence-electron chi connectivity index (χ4n) is 2.44. The van der Waals surface area contributed by atoms with Gasteiger partial charge in [-0.2, -0.15) is 30.3 Å². The Balaban J connectivity index is 0.000000388. The van der Waals surface area contributed by atoms with Crippen LogP contribution >= 0.6 is 7.92 Å². The minimum Gasteiger partial charge on any atom is -0.214 e. The molecule has 0 bridgehead atoms. The van der Waals surface area contributed by atoms with Crippen LogP contribution in [0.15, 0.2) is 115 Å². The number of rotatable bonds is 3. The molecule has 4 aromatic carbocycles. The fourth-order valence-corrected chi connectivity index (χ4v) is 4.74. The summed E-state index contributed by atoms with van der Waals surface area (Å²) in [6, 6.07) is 40.2. The van der Waals surface area contributed by atoms with Gasteiger partial charge in [0.05, 0.1) is 0 Å². The van der Waals surface area contributed by atoms with Crippen LogP contribution in [0.1, 0.15) is 0 Å². The van der Waals surface area contributed by atoms with Crippen LogP contribution in [-0.2, 0) is 17.1 Å². The number of nitrogens with zero attached hydrogens (tertiary/aromatic N) is 1. The second-order valence-corrected chi connectivity index (χ2v) is 7.33. The third-order valence-electron chi connectivity index (χ3n) is 3.49. The predicted molar refractivity (Wildman–Crippen MR) is 105 cm³/mol. The van der Waals surface area contributed by atoms with E-state index >= 15 is 0 Å². The Morgan fingerprint density at radius 1 is 0.600 bits per heavy atom. The summed E-state index contributed by atoms with van der Waals surface area (Å²) < 4.78 is 0. The third-order valence-corrected chi connectivity index (χ3v) is 5.93. The molecule has 0 aliphatic rings. The standard InChI is InChI=1S/C17H14P.C5H5.Fe.N/c1-3-9-15(10-4-1)18(17-13-7-8-14-17)16-11-5-2-6-12-16;1-2-4-5-3-1;;/h1-14H;1-5H;;/q2*-1;+2;. The van der Waals surface area contributed by atoms with Crippen molar-refractivity contribution in [1.29, 1.82) is 0 Å². The SMILES string of the molecule is [Fe+2].[N].c1cc[cH-]c1.c1ccc(P(c2ccccc2)[c-]2cccc2)cc1. The third kappa shape index (κ3) is 6.12. The molecule has 25 heavy (non-hydrogen) atoms. The first-order chi connectivity index (χ1) is 11.4. The Morgan fingerprint density at radius 3 is 1.40 bits per heavy atom. The first-order valence-corrected chi connectivity index (χ1v) is 9.08. The average Bonchev–Trinajstić information content (AvgIpc) is 3.34. The molecule has 0 amide bonds. The van der Waals surface area contributed by atoms with Gasteiger partial charge in [-0.25, -0.2) is 24.3 Å². The molecule has 0 fully saturated rings. The molecule has 0 N–H and O–H groups in total. The molecule has 4 rings (SSSR count). The molecule has 0 saturated carbocycles. The minimum absolute atomic E-state index is 0. The van der Waals surface area contributed by atoms with Gasteiger partial charge in [0, 0.05) is 6.15 Å². The van der Waals surface area contributed by atoms with E-state index < -0.39 is 7.92 Å². The average molecular weight is 384 g/mol. The first kappa shape index (κ1) is 21.1. The molecule has 125 valence electrons. The Morgan fingerprint density at radius 2 is 1.04 bits per heavy atom. The zero-order chi connectivity index (χ0) is 15.7. The van der Waals surface area contributed by atoms with Crippen LogP contribution in [0.3, 0.4) is 0 Å². The van der Waals surface area contributed by atoms with E-state index in [0.29, 0.717) is 0 Å². The summed E-state index contributed by atoms with van der Waals surface area (Å²) in [5.74, 6) is 0. The van der Waals surface area contributed by atoms with E-state index in [0.717, 1.165) is 0 Å². The molecule has 4 aromatic rings. The summed E-state index contributed by atoms with van der Waals surface area (Å²) in [5.41, 5.74) is 0. The first-order valence-electron chi connectivity index (χ1n) is 7.74. The van der Waals surface area contributed by atoms with E-state index in [9.17, 15) is 0 Å². The fraction of sp³-hybridized carbons (Fsp3) is 0. The summed E-state index contributed by atoms with van der Waals surface area (Å²) in [7, 11) is -0.409. The van der Waals surface area contributed by atoms with Crippen molar-refractivity contribution < 1.29 is 17.1 Å². The van der Waals surface area contributed by atoms with Crippen molar-refractivity contribution in [2.24, 2.45) is 0 Å². The predicted octanol–water partition coefficient (Wildman–Crippen LogP) is 4.09. The second kappa shape index (κ2) is 11.6. The largest absolute Gasteiger partial charge is 2.00 e. The second-order valence-electron chi connectivity index (χ2n) is 5.11. The maximum absolute atomic E-state index is 2.23. The van der Waals surface area contributed by atoms with Crippen molar-refractivity contribution in [3.63, 3.8) is 0 Å². The van der Waals surface area contributed by atoms with Crippen LogP contribution < -0.4 is 22.1 Å². The van der Waals surface area contributed by atoms with Crippen LogP contribution in [0.5, 0.6) is 0 Å². The van der Waals surface area contributed by atoms with E-state index in [2.05, 4.69) is 84.9 Å². The molecule has 0 spiro atoms. The van der Waals surface area contributed by atoms with Crippen molar-refractivity contribution in [3.8, 4) is 0 Å². The van der Waals surface area contributed by atoms with Gasteiger partial charge >= 0.3 is 17.1 Å². The Hall–Kier alpha value is -1.95. The zero-order valence-corrected chi connectivity index (χ0v) is 15.7. The van der Waals surface area contributed by atoms with Gasteiger partial charge in [-0.3, -0.25) is 0 Å². The Labute approximate surface area is 162 Å². The molecule has 0 heterocycles. The topological polar surface area (TPSA) is 30.5 Å². The molecule has 3 heteroatoms. The molecule has 0 atom stereocenters. The van der Waals surface area contributed by atoms with Gasteiger partial charge in [-0.05, 0) is 10.6 Å². The summed E-state index contributed by atoms with van der Waals surface area (Å²) in [5, 5.41) is 4.23. The summed E-state index contributed by atoms with van der Waals surface area (Å²) in [6.45, 7) is 0. The number of benzene rings is 2. The van der Waals surface area contributed by atoms with Crippen molar-refractivity contribution >= 4 is 23.8 Å². The Bertz CT molecular complexity index is 709. The van der Waals surface area contributed by atoms with Gasteiger partial charge in [0.25, 0.3) is 0 Å². The molecular weight excluding hydrogens is 365 g/mol. The van der Waals surface area contributed by atoms with Gasteiger partial charge in [-0.15, -0.1) is 5.30 Å². The van der Waals surface area contributed by atoms with Crippen molar-refractivity contribution in [3.05, 3.63) is 115 Å². The number of hydrogen-bond acceptors (Lipinski definition) is 0. The van der Waals surface area contributed by atoms with Crippen LogP contribution in [0.2, 0.25) is 0 Å². The van der Waals surface area contributed by atoms with Crippen molar-refractivity contribution in [2.45, 2.75) is 0 Å². The normalized spacial score (nSPS) is 9.32. The maximum Gasteiger partial charge on any atom is 2.00 e. The quantitative estimate of drug-likeness (QED) is 0.290. The minimum atomic E-state index is -0.409. The van der Waals surface area contributed by atoms with Gasteiger partial charge in [0.15, 0.2) is 0 Å². The van der Waals surface area contributed by atoms with E-state index in [1.54, 1.807) is 0 Å². The van der Waals surface area contributed by atoms with Crippen molar-refractivity contribution in [1.82, 2.24) is 6.15 Å². The van der Waals surface area contributed by atoms with Crippen LogP contribution in [0.25, 0.3) is 0 Å². The van der Waals surface area contributed by atoms with E-state index in [4.69, 9.17) is 0 Å². The maximum atomic E-state index is 2.23. The Kier molecular flexibility index (Phi) is 9.77. The van der Waals surface area contributed by atoms with E-state index in [-0.39, 0.29) is 23.2 Å². The van der Waals surface area contributed by atoms with Gasteiger partial charge in [0.2, 0.25) is 0 Å². The smallest absolute Gasteiger partial charge is 0.214 e. The summed E-state index contributed by atoms with van der Waals surface area (Å²) in [6.07, 6.45) is 0. The summed E-state index contributed by atoms with van der Waals surface area (Å²) in [4.78, 5) is 0. The van der Waals surface area contributed by atoms with Crippen molar-refractivity contribution in [2.75, 3.05) is 0 Å². The molecule has 3 radical (unpaired) electrons. The zero-order valence-electron chi connectivity index (χ0n) is 13.7. The molecule has 1 nitrogen and oxygen atoms in total. The number of hydrogen-bond donors (Lipinski definition) is 0. The summed E-state index contributed by atoms with van der Waals surface area (Å²) >= 11 is 0. The molecule has 0 unspecified atom stereocenters.